The summed E-state index contributed by atoms with van der Waals surface area (Å²) in [6.07, 6.45) is -0.163. The van der Waals surface area contributed by atoms with Crippen LogP contribution in [0.25, 0.3) is 17.6 Å². The predicted octanol–water partition coefficient (Wildman–Crippen LogP) is 5.36. The number of hydrazine groups is 1. The number of hydrogen-bond donors (Lipinski definition) is 2. The molecule has 0 aliphatic carbocycles. The predicted molar refractivity (Wildman–Crippen MR) is 123 cm³/mol. The van der Waals surface area contributed by atoms with Crippen LogP contribution in [0.2, 0.25) is 0 Å². The fourth-order valence-electron chi connectivity index (χ4n) is 2.22. The molecule has 0 fully saturated rings. The number of hydrogen-bond acceptors (Lipinski definition) is 4. The van der Waals surface area contributed by atoms with Crippen molar-refractivity contribution < 1.29 is 22.4 Å². The lowest BCUT2D eigenvalue weighted by Gasteiger charge is -2.22. The van der Waals surface area contributed by atoms with Crippen LogP contribution in [0, 0.1) is 5.41 Å². The SMILES string of the molecule is C=CC(F)(I)c1cc(-c2ncn(/C=C\C(=O)NNC(=C)C(C)(C)C)n2)cc(C(F)(F)F)c1. The normalized spacial score (nSPS) is 14.1. The molecular weight excluding hydrogens is 541 g/mol. The van der Waals surface area contributed by atoms with Crippen molar-refractivity contribution in [3.63, 3.8) is 0 Å². The van der Waals surface area contributed by atoms with E-state index in [1.807, 2.05) is 20.8 Å². The van der Waals surface area contributed by atoms with Gasteiger partial charge in [-0.15, -0.1) is 5.10 Å². The molecule has 2 aromatic rings. The van der Waals surface area contributed by atoms with Gasteiger partial charge in [0.1, 0.15) is 6.33 Å². The molecule has 1 aromatic heterocycles. The summed E-state index contributed by atoms with van der Waals surface area (Å²) in [6, 6.07) is 2.77. The minimum atomic E-state index is -4.69. The molecule has 1 heterocycles. The van der Waals surface area contributed by atoms with Crippen molar-refractivity contribution in [2.75, 3.05) is 0 Å². The van der Waals surface area contributed by atoms with E-state index in [0.717, 1.165) is 29.0 Å². The lowest BCUT2D eigenvalue weighted by Crippen LogP contribution is -2.39. The quantitative estimate of drug-likeness (QED) is 0.119. The largest absolute Gasteiger partial charge is 0.416 e. The number of allylic oxidation sites excluding steroid dienone is 2. The van der Waals surface area contributed by atoms with Crippen molar-refractivity contribution in [2.45, 2.75) is 30.6 Å². The van der Waals surface area contributed by atoms with Crippen LogP contribution >= 0.6 is 22.6 Å². The summed E-state index contributed by atoms with van der Waals surface area (Å²) in [7, 11) is 0. The van der Waals surface area contributed by atoms with E-state index < -0.39 is 21.3 Å². The molecule has 0 spiro atoms. The van der Waals surface area contributed by atoms with Crippen LogP contribution in [0.15, 0.2) is 55.5 Å². The van der Waals surface area contributed by atoms with Gasteiger partial charge in [0.15, 0.2) is 5.82 Å². The smallest absolute Gasteiger partial charge is 0.303 e. The fraction of sp³-hybridized carbons (Fsp3) is 0.286. The molecule has 2 N–H and O–H groups in total. The summed E-state index contributed by atoms with van der Waals surface area (Å²) in [5, 5.41) is 4.04. The Balaban J connectivity index is 2.25. The van der Waals surface area contributed by atoms with Gasteiger partial charge >= 0.3 is 6.18 Å². The van der Waals surface area contributed by atoms with E-state index in [1.54, 1.807) is 0 Å². The first kappa shape index (κ1) is 25.6. The Bertz CT molecular complexity index is 1050. The van der Waals surface area contributed by atoms with Gasteiger partial charge in [-0.3, -0.25) is 10.2 Å². The summed E-state index contributed by atoms with van der Waals surface area (Å²) in [4.78, 5) is 15.9. The number of benzene rings is 1. The molecule has 1 amide bonds. The molecule has 0 radical (unpaired) electrons. The summed E-state index contributed by atoms with van der Waals surface area (Å²) >= 11 is 1.36. The second-order valence-corrected chi connectivity index (χ2v) is 9.40. The van der Waals surface area contributed by atoms with E-state index in [4.69, 9.17) is 0 Å². The molecule has 11 heteroatoms. The highest BCUT2D eigenvalue weighted by Gasteiger charge is 2.34. The number of alkyl halides is 5. The van der Waals surface area contributed by atoms with E-state index in [2.05, 4.69) is 34.1 Å². The maximum absolute atomic E-state index is 14.6. The van der Waals surface area contributed by atoms with Crippen LogP contribution in [-0.4, -0.2) is 20.7 Å². The third-order valence-electron chi connectivity index (χ3n) is 4.29. The number of carbonyl (C=O) groups is 1. The first-order valence-corrected chi connectivity index (χ1v) is 10.3. The molecular formula is C21H22F4IN5O. The topological polar surface area (TPSA) is 71.8 Å². The van der Waals surface area contributed by atoms with Crippen LogP contribution in [-0.2, 0) is 14.6 Å². The van der Waals surface area contributed by atoms with Gasteiger partial charge < -0.3 is 5.43 Å². The van der Waals surface area contributed by atoms with Crippen molar-refractivity contribution in [3.05, 3.63) is 66.7 Å². The minimum Gasteiger partial charge on any atom is -0.303 e. The molecule has 1 atom stereocenters. The Morgan fingerprint density at radius 3 is 2.31 bits per heavy atom. The van der Waals surface area contributed by atoms with Gasteiger partial charge in [0, 0.05) is 34.5 Å². The molecule has 6 nitrogen and oxygen atoms in total. The average molecular weight is 563 g/mol. The van der Waals surface area contributed by atoms with Crippen molar-refractivity contribution in [3.8, 4) is 11.4 Å². The van der Waals surface area contributed by atoms with Gasteiger partial charge in [-0.1, -0.05) is 33.9 Å². The van der Waals surface area contributed by atoms with Crippen LogP contribution < -0.4 is 10.9 Å². The monoisotopic (exact) mass is 563 g/mol. The van der Waals surface area contributed by atoms with Gasteiger partial charge in [0.25, 0.3) is 5.91 Å². The Morgan fingerprint density at radius 1 is 1.12 bits per heavy atom. The van der Waals surface area contributed by atoms with Crippen molar-refractivity contribution >= 4 is 34.7 Å². The van der Waals surface area contributed by atoms with Gasteiger partial charge in [-0.2, -0.15) is 13.2 Å². The zero-order valence-electron chi connectivity index (χ0n) is 17.6. The lowest BCUT2D eigenvalue weighted by atomic mass is 9.93. The lowest BCUT2D eigenvalue weighted by molar-refractivity contribution is -0.137. The van der Waals surface area contributed by atoms with Gasteiger partial charge in [0.2, 0.25) is 3.68 Å². The first-order valence-electron chi connectivity index (χ1n) is 9.23. The highest BCUT2D eigenvalue weighted by Crippen LogP contribution is 2.40. The molecule has 32 heavy (non-hydrogen) atoms. The van der Waals surface area contributed by atoms with Crippen LogP contribution in [0.4, 0.5) is 17.6 Å². The summed E-state index contributed by atoms with van der Waals surface area (Å²) in [5.74, 6) is -0.579. The number of aromatic nitrogens is 3. The Kier molecular flexibility index (Phi) is 7.53. The number of amides is 1. The molecule has 0 aliphatic heterocycles. The Labute approximate surface area is 196 Å². The van der Waals surface area contributed by atoms with Gasteiger partial charge in [-0.25, -0.2) is 14.1 Å². The number of nitrogens with one attached hydrogen (secondary N) is 2. The molecule has 1 unspecified atom stereocenters. The fourth-order valence-corrected chi connectivity index (χ4v) is 2.53. The van der Waals surface area contributed by atoms with E-state index in [0.29, 0.717) is 5.70 Å². The highest BCUT2D eigenvalue weighted by atomic mass is 127. The molecule has 2 rings (SSSR count). The second kappa shape index (κ2) is 9.43. The third kappa shape index (κ3) is 6.65. The number of rotatable bonds is 7. The van der Waals surface area contributed by atoms with Crippen molar-refractivity contribution in [1.82, 2.24) is 25.6 Å². The Hall–Kier alpha value is -2.70. The molecule has 1 aromatic carbocycles. The van der Waals surface area contributed by atoms with Crippen LogP contribution in [0.1, 0.15) is 31.9 Å². The molecule has 0 saturated carbocycles. The zero-order valence-corrected chi connectivity index (χ0v) is 19.8. The van der Waals surface area contributed by atoms with Gasteiger partial charge in [-0.05, 0) is 46.9 Å². The van der Waals surface area contributed by atoms with Crippen LogP contribution in [0.3, 0.4) is 0 Å². The average Bonchev–Trinajstić information content (AvgIpc) is 3.17. The van der Waals surface area contributed by atoms with E-state index in [9.17, 15) is 22.4 Å². The maximum Gasteiger partial charge on any atom is 0.416 e. The van der Waals surface area contributed by atoms with Crippen molar-refractivity contribution in [2.24, 2.45) is 5.41 Å². The van der Waals surface area contributed by atoms with E-state index >= 15 is 0 Å². The number of halogens is 5. The summed E-state index contributed by atoms with van der Waals surface area (Å²) in [5.41, 5.74) is 4.16. The standard InChI is InChI=1S/C21H22F4IN5O/c1-6-20(22,26)15-9-14(10-16(11-15)21(23,24)25)18-27-12-31(30-18)8-7-17(32)29-28-13(2)19(3,4)5/h6-12,28H,1-2H2,3-5H3,(H,29,32)/b8-7-. The molecule has 0 aliphatic rings. The molecule has 172 valence electrons. The maximum atomic E-state index is 14.6. The van der Waals surface area contributed by atoms with Crippen LogP contribution in [0.5, 0.6) is 0 Å². The first-order chi connectivity index (χ1) is 14.6. The number of carbonyl (C=O) groups excluding carboxylic acids is 1. The van der Waals surface area contributed by atoms with E-state index in [-0.39, 0.29) is 22.4 Å². The molecule has 0 saturated heterocycles. The zero-order chi connectivity index (χ0) is 24.3. The van der Waals surface area contributed by atoms with Gasteiger partial charge in [0.05, 0.1) is 5.56 Å². The summed E-state index contributed by atoms with van der Waals surface area (Å²) in [6.45, 7) is 12.9. The number of nitrogens with zero attached hydrogens (tertiary/aromatic N) is 3. The third-order valence-corrected chi connectivity index (χ3v) is 5.35. The Morgan fingerprint density at radius 2 is 1.75 bits per heavy atom. The molecule has 0 bridgehead atoms. The van der Waals surface area contributed by atoms with E-state index in [1.165, 1.54) is 41.2 Å². The van der Waals surface area contributed by atoms with Crippen molar-refractivity contribution in [1.29, 1.82) is 0 Å². The summed E-state index contributed by atoms with van der Waals surface area (Å²) < 4.78 is 53.5. The minimum absolute atomic E-state index is 0.0323. The highest BCUT2D eigenvalue weighted by molar-refractivity contribution is 14.1. The second-order valence-electron chi connectivity index (χ2n) is 7.83.